The Morgan fingerprint density at radius 2 is 2.33 bits per heavy atom. The summed E-state index contributed by atoms with van der Waals surface area (Å²) in [6, 6.07) is 0. The summed E-state index contributed by atoms with van der Waals surface area (Å²) in [7, 11) is 2.68. The van der Waals surface area contributed by atoms with E-state index >= 15 is 0 Å². The zero-order valence-electron chi connectivity index (χ0n) is 8.75. The van der Waals surface area contributed by atoms with E-state index in [-0.39, 0.29) is 13.2 Å². The van der Waals surface area contributed by atoms with Crippen LogP contribution >= 0.6 is 0 Å². The Labute approximate surface area is 89.4 Å². The summed E-state index contributed by atoms with van der Waals surface area (Å²) in [6.45, 7) is -0.0487. The van der Waals surface area contributed by atoms with E-state index in [4.69, 9.17) is 9.39 Å². The van der Waals surface area contributed by atoms with E-state index in [9.17, 15) is 15.0 Å². The first-order valence-corrected chi connectivity index (χ1v) is 4.70. The Balaban J connectivity index is 2.44. The van der Waals surface area contributed by atoms with Crippen molar-refractivity contribution in [3.05, 3.63) is 0 Å². The van der Waals surface area contributed by atoms with Crippen LogP contribution < -0.4 is 0 Å². The van der Waals surface area contributed by atoms with E-state index in [0.29, 0.717) is 0 Å². The Kier molecular flexibility index (Phi) is 4.59. The number of ether oxygens (including phenoxy) is 2. The van der Waals surface area contributed by atoms with Gasteiger partial charge in [0.1, 0.15) is 24.9 Å². The first-order chi connectivity index (χ1) is 7.06. The third-order valence-electron chi connectivity index (χ3n) is 2.27. The predicted octanol–water partition coefficient (Wildman–Crippen LogP) is -3.19. The quantitative estimate of drug-likeness (QED) is 0.481. The van der Waals surface area contributed by atoms with Gasteiger partial charge in [0.15, 0.2) is 0 Å². The maximum Gasteiger partial charge on any atom is 0.257 e. The zero-order valence-corrected chi connectivity index (χ0v) is 8.75. The van der Waals surface area contributed by atoms with E-state index in [2.05, 4.69) is 4.74 Å². The second kappa shape index (κ2) is 5.50. The van der Waals surface area contributed by atoms with Crippen molar-refractivity contribution in [2.24, 2.45) is 0 Å². The van der Waals surface area contributed by atoms with Crippen LogP contribution in [0.15, 0.2) is 0 Å². The second-order valence-corrected chi connectivity index (χ2v) is 3.44. The molecule has 0 spiro atoms. The zero-order chi connectivity index (χ0) is 11.4. The maximum absolute atomic E-state index is 10.5. The van der Waals surface area contributed by atoms with Crippen LogP contribution in [-0.4, -0.2) is 69.6 Å². The fraction of sp³-hybridized carbons (Fsp3) is 0.857. The molecule has 0 aromatic carbocycles. The van der Waals surface area contributed by atoms with Gasteiger partial charge in [0.25, 0.3) is 8.05 Å². The van der Waals surface area contributed by atoms with Gasteiger partial charge in [-0.1, -0.05) is 0 Å². The summed E-state index contributed by atoms with van der Waals surface area (Å²) in [5.41, 5.74) is 0. The van der Waals surface area contributed by atoms with Gasteiger partial charge in [0.2, 0.25) is 13.7 Å². The van der Waals surface area contributed by atoms with Crippen molar-refractivity contribution < 1.29 is 29.1 Å². The molecular weight excluding hydrogens is 202 g/mol. The lowest BCUT2D eigenvalue weighted by Crippen LogP contribution is -2.42. The smallest absolute Gasteiger partial charge is 0.257 e. The molecule has 1 saturated heterocycles. The largest absolute Gasteiger partial charge is 0.471 e. The molecule has 2 N–H and O–H groups in total. The van der Waals surface area contributed by atoms with E-state index in [1.54, 1.807) is 0 Å². The van der Waals surface area contributed by atoms with Crippen LogP contribution in [0.4, 0.5) is 4.79 Å². The molecule has 1 heterocycles. The minimum Gasteiger partial charge on any atom is -0.471 e. The summed E-state index contributed by atoms with van der Waals surface area (Å²) in [4.78, 5) is 10.5. The van der Waals surface area contributed by atoms with Gasteiger partial charge in [-0.2, -0.15) is 0 Å². The molecule has 8 heteroatoms. The highest BCUT2D eigenvalue weighted by Crippen LogP contribution is 2.20. The molecule has 6 nitrogen and oxygen atoms in total. The number of carbonyl (C=O) groups excluding carboxylic acids is 1. The molecule has 0 aliphatic carbocycles. The summed E-state index contributed by atoms with van der Waals surface area (Å²) in [5, 5.41) is 19.0. The molecule has 0 bridgehead atoms. The average Bonchev–Trinajstić information content (AvgIpc) is 2.55. The molecule has 1 aliphatic rings. The van der Waals surface area contributed by atoms with Crippen molar-refractivity contribution >= 4 is 21.8 Å². The Morgan fingerprint density at radius 1 is 1.67 bits per heavy atom. The molecule has 4 atom stereocenters. The van der Waals surface area contributed by atoms with Crippen molar-refractivity contribution in [2.45, 2.75) is 24.4 Å². The minimum absolute atomic E-state index is 0.111. The van der Waals surface area contributed by atoms with Gasteiger partial charge in [-0.15, -0.1) is 0 Å². The van der Waals surface area contributed by atoms with E-state index in [1.807, 2.05) is 0 Å². The average molecular weight is 216 g/mol. The van der Waals surface area contributed by atoms with Crippen LogP contribution in [0.3, 0.4) is 0 Å². The van der Waals surface area contributed by atoms with Crippen LogP contribution in [0, 0.1) is 0 Å². The van der Waals surface area contributed by atoms with Crippen LogP contribution in [0.2, 0.25) is 0 Å². The number of aliphatic hydroxyl groups excluding tert-OH is 2. The van der Waals surface area contributed by atoms with Gasteiger partial charge in [0.05, 0.1) is 12.7 Å². The highest BCUT2D eigenvalue weighted by molar-refractivity contribution is 6.55. The highest BCUT2D eigenvalue weighted by Gasteiger charge is 2.40. The number of aliphatic hydroxyl groups is 2. The second-order valence-electron chi connectivity index (χ2n) is 3.44. The monoisotopic (exact) mass is 216 g/mol. The molecule has 1 rings (SSSR count). The van der Waals surface area contributed by atoms with Crippen molar-refractivity contribution in [1.82, 2.24) is 0 Å². The standard InChI is InChI=1S/C7H14B2O6/c8-7(12)14-2-3(10)5-6(15-9)4(11)1-13-5/h3-6,10-11H,1-2,8-9H2. The van der Waals surface area contributed by atoms with Crippen LogP contribution in [-0.2, 0) is 14.1 Å². The van der Waals surface area contributed by atoms with Gasteiger partial charge in [-0.3, -0.25) is 4.79 Å². The summed E-state index contributed by atoms with van der Waals surface area (Å²) in [5.74, 6) is -0.471. The molecule has 84 valence electrons. The lowest BCUT2D eigenvalue weighted by molar-refractivity contribution is -0.0602. The van der Waals surface area contributed by atoms with E-state index in [0.717, 1.165) is 0 Å². The number of hydrogen-bond donors (Lipinski definition) is 2. The first kappa shape index (κ1) is 12.5. The van der Waals surface area contributed by atoms with E-state index in [1.165, 1.54) is 15.9 Å². The Morgan fingerprint density at radius 3 is 2.87 bits per heavy atom. The molecule has 0 saturated carbocycles. The van der Waals surface area contributed by atoms with Gasteiger partial charge >= 0.3 is 0 Å². The fourth-order valence-electron chi connectivity index (χ4n) is 1.54. The van der Waals surface area contributed by atoms with Gasteiger partial charge < -0.3 is 24.3 Å². The number of rotatable bonds is 4. The Hall–Kier alpha value is -0.560. The van der Waals surface area contributed by atoms with Crippen molar-refractivity contribution in [3.63, 3.8) is 0 Å². The molecular formula is C7H14B2O6. The van der Waals surface area contributed by atoms with Crippen molar-refractivity contribution in [2.75, 3.05) is 13.2 Å². The fourth-order valence-corrected chi connectivity index (χ4v) is 1.54. The van der Waals surface area contributed by atoms with Crippen molar-refractivity contribution in [3.8, 4) is 0 Å². The van der Waals surface area contributed by atoms with Gasteiger partial charge in [0, 0.05) is 0 Å². The summed E-state index contributed by atoms with van der Waals surface area (Å²) < 4.78 is 14.8. The minimum atomic E-state index is -0.990. The normalized spacial score (nSPS) is 32.5. The van der Waals surface area contributed by atoms with E-state index < -0.39 is 30.3 Å². The number of carbonyl (C=O) groups is 1. The lowest BCUT2D eigenvalue weighted by Gasteiger charge is -2.23. The molecule has 0 radical (unpaired) electrons. The summed E-state index contributed by atoms with van der Waals surface area (Å²) >= 11 is 0. The molecule has 4 unspecified atom stereocenters. The molecule has 0 aromatic rings. The third kappa shape index (κ3) is 3.20. The van der Waals surface area contributed by atoms with Crippen LogP contribution in [0.1, 0.15) is 0 Å². The molecule has 15 heavy (non-hydrogen) atoms. The molecule has 1 aliphatic heterocycles. The van der Waals surface area contributed by atoms with Crippen molar-refractivity contribution in [1.29, 1.82) is 0 Å². The summed E-state index contributed by atoms with van der Waals surface area (Å²) in [6.07, 6.45) is -3.00. The maximum atomic E-state index is 10.5. The van der Waals surface area contributed by atoms with Crippen LogP contribution in [0.25, 0.3) is 0 Å². The topological polar surface area (TPSA) is 85.2 Å². The highest BCUT2D eigenvalue weighted by atomic mass is 16.6. The lowest BCUT2D eigenvalue weighted by atomic mass is 10.1. The first-order valence-electron chi connectivity index (χ1n) is 4.70. The van der Waals surface area contributed by atoms with Crippen LogP contribution in [0.5, 0.6) is 0 Å². The molecule has 0 amide bonds. The Bertz CT molecular complexity index is 226. The predicted molar refractivity (Wildman–Crippen MR) is 55.1 cm³/mol. The SMILES string of the molecule is BOC1C(O)COC1C(O)COC(B)=O. The number of hydrogen-bond acceptors (Lipinski definition) is 6. The molecule has 1 fully saturated rings. The van der Waals surface area contributed by atoms with Gasteiger partial charge in [-0.05, 0) is 0 Å². The van der Waals surface area contributed by atoms with Gasteiger partial charge in [-0.25, -0.2) is 0 Å². The molecule has 0 aromatic heterocycles. The third-order valence-corrected chi connectivity index (χ3v) is 2.27.